The third-order valence-electron chi connectivity index (χ3n) is 4.06. The van der Waals surface area contributed by atoms with Crippen LogP contribution < -0.4 is 5.32 Å². The molecule has 2 atom stereocenters. The second-order valence-corrected chi connectivity index (χ2v) is 5.50. The van der Waals surface area contributed by atoms with Crippen molar-refractivity contribution in [2.75, 3.05) is 0 Å². The Morgan fingerprint density at radius 1 is 1.00 bits per heavy atom. The molecule has 112 valence electrons. The topological polar surface area (TPSA) is 32.3 Å². The molecule has 0 radical (unpaired) electrons. The van der Waals surface area contributed by atoms with Crippen molar-refractivity contribution in [3.63, 3.8) is 0 Å². The molecule has 0 heterocycles. The standard InChI is InChI=1S/C19H25NO/c1-4-15-10-12-16(13-11-15)14(3)20-18(5-2)17-8-6-7-9-19(17)21/h6-14,18,20-21H,4-5H2,1-3H3. The second kappa shape index (κ2) is 7.28. The zero-order chi connectivity index (χ0) is 15.2. The quantitative estimate of drug-likeness (QED) is 0.801. The molecule has 0 spiro atoms. The molecule has 0 aliphatic rings. The molecular formula is C19H25NO. The van der Waals surface area contributed by atoms with Crippen molar-refractivity contribution >= 4 is 0 Å². The second-order valence-electron chi connectivity index (χ2n) is 5.50. The van der Waals surface area contributed by atoms with Gasteiger partial charge < -0.3 is 10.4 Å². The molecule has 0 saturated carbocycles. The summed E-state index contributed by atoms with van der Waals surface area (Å²) in [5.41, 5.74) is 3.61. The Morgan fingerprint density at radius 2 is 1.67 bits per heavy atom. The molecule has 2 heteroatoms. The van der Waals surface area contributed by atoms with E-state index in [1.807, 2.05) is 18.2 Å². The molecule has 0 aliphatic heterocycles. The molecule has 2 aromatic carbocycles. The first-order chi connectivity index (χ1) is 10.2. The van der Waals surface area contributed by atoms with Gasteiger partial charge in [-0.25, -0.2) is 0 Å². The van der Waals surface area contributed by atoms with E-state index in [1.165, 1.54) is 11.1 Å². The first kappa shape index (κ1) is 15.6. The fourth-order valence-electron chi connectivity index (χ4n) is 2.65. The van der Waals surface area contributed by atoms with Gasteiger partial charge in [-0.05, 0) is 37.0 Å². The summed E-state index contributed by atoms with van der Waals surface area (Å²) in [6.45, 7) is 6.47. The van der Waals surface area contributed by atoms with Gasteiger partial charge in [0.2, 0.25) is 0 Å². The number of aromatic hydroxyl groups is 1. The number of phenols is 1. The van der Waals surface area contributed by atoms with Crippen molar-refractivity contribution in [3.8, 4) is 5.75 Å². The summed E-state index contributed by atoms with van der Waals surface area (Å²) < 4.78 is 0. The van der Waals surface area contributed by atoms with Crippen LogP contribution in [-0.2, 0) is 6.42 Å². The number of para-hydroxylation sites is 1. The van der Waals surface area contributed by atoms with Crippen LogP contribution in [-0.4, -0.2) is 5.11 Å². The lowest BCUT2D eigenvalue weighted by Gasteiger charge is -2.24. The van der Waals surface area contributed by atoms with Gasteiger partial charge in [-0.3, -0.25) is 0 Å². The highest BCUT2D eigenvalue weighted by molar-refractivity contribution is 5.35. The van der Waals surface area contributed by atoms with Crippen LogP contribution in [0.2, 0.25) is 0 Å². The minimum Gasteiger partial charge on any atom is -0.508 e. The number of hydrogen-bond donors (Lipinski definition) is 2. The summed E-state index contributed by atoms with van der Waals surface area (Å²) in [7, 11) is 0. The molecule has 0 fully saturated rings. The summed E-state index contributed by atoms with van der Waals surface area (Å²) in [5, 5.41) is 13.6. The van der Waals surface area contributed by atoms with Crippen LogP contribution in [0.1, 0.15) is 56.0 Å². The summed E-state index contributed by atoms with van der Waals surface area (Å²) in [6, 6.07) is 16.7. The van der Waals surface area contributed by atoms with Gasteiger partial charge >= 0.3 is 0 Å². The summed E-state index contributed by atoms with van der Waals surface area (Å²) >= 11 is 0. The Kier molecular flexibility index (Phi) is 5.40. The number of phenolic OH excluding ortho intramolecular Hbond substituents is 1. The highest BCUT2D eigenvalue weighted by atomic mass is 16.3. The maximum absolute atomic E-state index is 10.0. The molecule has 21 heavy (non-hydrogen) atoms. The molecule has 2 unspecified atom stereocenters. The van der Waals surface area contributed by atoms with E-state index in [9.17, 15) is 5.11 Å². The lowest BCUT2D eigenvalue weighted by atomic mass is 9.99. The summed E-state index contributed by atoms with van der Waals surface area (Å²) in [4.78, 5) is 0. The van der Waals surface area contributed by atoms with Gasteiger partial charge in [-0.2, -0.15) is 0 Å². The third kappa shape index (κ3) is 3.85. The fourth-order valence-corrected chi connectivity index (χ4v) is 2.65. The van der Waals surface area contributed by atoms with Crippen molar-refractivity contribution in [2.45, 2.75) is 45.7 Å². The molecule has 0 aromatic heterocycles. The average Bonchev–Trinajstić information content (AvgIpc) is 2.53. The molecule has 0 amide bonds. The largest absolute Gasteiger partial charge is 0.508 e. The molecule has 0 bridgehead atoms. The summed E-state index contributed by atoms with van der Waals surface area (Å²) in [6.07, 6.45) is 2.01. The van der Waals surface area contributed by atoms with E-state index in [1.54, 1.807) is 6.07 Å². The van der Waals surface area contributed by atoms with E-state index >= 15 is 0 Å². The number of aryl methyl sites for hydroxylation is 1. The van der Waals surface area contributed by atoms with Crippen molar-refractivity contribution in [3.05, 3.63) is 65.2 Å². The van der Waals surface area contributed by atoms with Crippen LogP contribution in [0.15, 0.2) is 48.5 Å². The molecule has 2 rings (SSSR count). The van der Waals surface area contributed by atoms with Gasteiger partial charge in [0.1, 0.15) is 5.75 Å². The number of benzene rings is 2. The average molecular weight is 283 g/mol. The first-order valence-electron chi connectivity index (χ1n) is 7.78. The maximum atomic E-state index is 10.0. The van der Waals surface area contributed by atoms with Gasteiger partial charge in [-0.1, -0.05) is 56.3 Å². The van der Waals surface area contributed by atoms with E-state index in [0.29, 0.717) is 5.75 Å². The Hall–Kier alpha value is -1.80. The Labute approximate surface area is 127 Å². The SMILES string of the molecule is CCc1ccc(C(C)NC(CC)c2ccccc2O)cc1. The number of hydrogen-bond acceptors (Lipinski definition) is 2. The van der Waals surface area contributed by atoms with Crippen molar-refractivity contribution in [2.24, 2.45) is 0 Å². The molecule has 2 aromatic rings. The summed E-state index contributed by atoms with van der Waals surface area (Å²) in [5.74, 6) is 0.366. The van der Waals surface area contributed by atoms with Gasteiger partial charge in [0.25, 0.3) is 0 Å². The monoisotopic (exact) mass is 283 g/mol. The highest BCUT2D eigenvalue weighted by Gasteiger charge is 2.16. The fraction of sp³-hybridized carbons (Fsp3) is 0.368. The normalized spacial score (nSPS) is 13.9. The molecule has 0 saturated heterocycles. The predicted octanol–water partition coefficient (Wildman–Crippen LogP) is 4.76. The smallest absolute Gasteiger partial charge is 0.120 e. The first-order valence-corrected chi connectivity index (χ1v) is 7.78. The Bertz CT molecular complexity index is 562. The van der Waals surface area contributed by atoms with E-state index < -0.39 is 0 Å². The third-order valence-corrected chi connectivity index (χ3v) is 4.06. The molecular weight excluding hydrogens is 258 g/mol. The van der Waals surface area contributed by atoms with E-state index in [-0.39, 0.29) is 12.1 Å². The number of rotatable bonds is 6. The maximum Gasteiger partial charge on any atom is 0.120 e. The lowest BCUT2D eigenvalue weighted by Crippen LogP contribution is -2.24. The zero-order valence-corrected chi connectivity index (χ0v) is 13.1. The van der Waals surface area contributed by atoms with Crippen molar-refractivity contribution < 1.29 is 5.11 Å². The van der Waals surface area contributed by atoms with Crippen LogP contribution in [0.4, 0.5) is 0 Å². The van der Waals surface area contributed by atoms with E-state index in [2.05, 4.69) is 50.4 Å². The minimum atomic E-state index is 0.159. The van der Waals surface area contributed by atoms with Crippen LogP contribution in [0.3, 0.4) is 0 Å². The van der Waals surface area contributed by atoms with Crippen LogP contribution in [0.25, 0.3) is 0 Å². The Morgan fingerprint density at radius 3 is 2.24 bits per heavy atom. The van der Waals surface area contributed by atoms with E-state index in [0.717, 1.165) is 18.4 Å². The van der Waals surface area contributed by atoms with Crippen LogP contribution in [0.5, 0.6) is 5.75 Å². The Balaban J connectivity index is 2.12. The lowest BCUT2D eigenvalue weighted by molar-refractivity contribution is 0.419. The van der Waals surface area contributed by atoms with Gasteiger partial charge in [0, 0.05) is 17.6 Å². The van der Waals surface area contributed by atoms with Gasteiger partial charge in [0.05, 0.1) is 0 Å². The number of nitrogens with one attached hydrogen (secondary N) is 1. The van der Waals surface area contributed by atoms with Crippen molar-refractivity contribution in [1.29, 1.82) is 0 Å². The molecule has 0 aliphatic carbocycles. The van der Waals surface area contributed by atoms with Crippen LogP contribution in [0, 0.1) is 0 Å². The van der Waals surface area contributed by atoms with E-state index in [4.69, 9.17) is 0 Å². The zero-order valence-electron chi connectivity index (χ0n) is 13.1. The van der Waals surface area contributed by atoms with Crippen molar-refractivity contribution in [1.82, 2.24) is 5.32 Å². The van der Waals surface area contributed by atoms with Gasteiger partial charge in [0.15, 0.2) is 0 Å². The predicted molar refractivity (Wildman–Crippen MR) is 88.5 cm³/mol. The molecule has 2 N–H and O–H groups in total. The van der Waals surface area contributed by atoms with Crippen LogP contribution >= 0.6 is 0 Å². The highest BCUT2D eigenvalue weighted by Crippen LogP contribution is 2.28. The molecule has 2 nitrogen and oxygen atoms in total. The van der Waals surface area contributed by atoms with Gasteiger partial charge in [-0.15, -0.1) is 0 Å². The minimum absolute atomic E-state index is 0.159.